The SMILES string of the molecule is [O]=[V](=[O])[O][n+]1ccccc1. The number of hydrogen-bond acceptors (Lipinski definition) is 3. The summed E-state index contributed by atoms with van der Waals surface area (Å²) in [6.45, 7) is 0. The van der Waals surface area contributed by atoms with Crippen molar-refractivity contribution in [3.05, 3.63) is 30.6 Å². The minimum absolute atomic E-state index is 1.14. The molecule has 10 heavy (non-hydrogen) atoms. The summed E-state index contributed by atoms with van der Waals surface area (Å²) < 4.78 is 25.6. The van der Waals surface area contributed by atoms with Gasteiger partial charge in [-0.3, -0.25) is 0 Å². The predicted molar refractivity (Wildman–Crippen MR) is 24.6 cm³/mol. The van der Waals surface area contributed by atoms with Crippen LogP contribution in [0, 0.1) is 0 Å². The zero-order chi connectivity index (χ0) is 7.40. The van der Waals surface area contributed by atoms with E-state index >= 15 is 0 Å². The van der Waals surface area contributed by atoms with Crippen molar-refractivity contribution in [1.29, 1.82) is 0 Å². The monoisotopic (exact) mass is 178 g/mol. The molecule has 0 bridgehead atoms. The molecular weight excluding hydrogens is 173 g/mol. The summed E-state index contributed by atoms with van der Waals surface area (Å²) in [5, 5.41) is 0. The van der Waals surface area contributed by atoms with Gasteiger partial charge in [0, 0.05) is 0 Å². The van der Waals surface area contributed by atoms with Crippen LogP contribution in [0.1, 0.15) is 0 Å². The molecule has 0 aliphatic carbocycles. The first kappa shape index (κ1) is 7.24. The van der Waals surface area contributed by atoms with Crippen LogP contribution in [0.4, 0.5) is 0 Å². The summed E-state index contributed by atoms with van der Waals surface area (Å²) in [5.41, 5.74) is 0. The molecule has 1 aromatic rings. The average Bonchev–Trinajstić information content (AvgIpc) is 1.88. The van der Waals surface area contributed by atoms with E-state index in [0.717, 1.165) is 4.73 Å². The van der Waals surface area contributed by atoms with Gasteiger partial charge in [-0.25, -0.2) is 0 Å². The van der Waals surface area contributed by atoms with Crippen molar-refractivity contribution >= 4 is 0 Å². The van der Waals surface area contributed by atoms with Crippen molar-refractivity contribution in [2.75, 3.05) is 0 Å². The zero-order valence-corrected chi connectivity index (χ0v) is 6.40. The van der Waals surface area contributed by atoms with E-state index < -0.39 is 15.4 Å². The molecule has 0 aromatic carbocycles. The average molecular weight is 178 g/mol. The zero-order valence-electron chi connectivity index (χ0n) is 5.01. The molecular formula is C5H5NO3V+. The van der Waals surface area contributed by atoms with Crippen molar-refractivity contribution in [2.45, 2.75) is 0 Å². The van der Waals surface area contributed by atoms with E-state index in [9.17, 15) is 7.35 Å². The van der Waals surface area contributed by atoms with Crippen LogP contribution in [0.2, 0.25) is 0 Å². The van der Waals surface area contributed by atoms with E-state index in [1.807, 2.05) is 0 Å². The Labute approximate surface area is 62.4 Å². The van der Waals surface area contributed by atoms with E-state index in [1.54, 1.807) is 18.2 Å². The van der Waals surface area contributed by atoms with Gasteiger partial charge in [0.15, 0.2) is 0 Å². The first-order chi connectivity index (χ1) is 4.79. The summed E-state index contributed by atoms with van der Waals surface area (Å²) in [6.07, 6.45) is 3.02. The van der Waals surface area contributed by atoms with Gasteiger partial charge >= 0.3 is 61.8 Å². The second kappa shape index (κ2) is 3.34. The van der Waals surface area contributed by atoms with E-state index in [2.05, 4.69) is 3.76 Å². The summed E-state index contributed by atoms with van der Waals surface area (Å²) in [7, 11) is 0. The molecule has 0 radical (unpaired) electrons. The molecule has 0 unspecified atom stereocenters. The van der Waals surface area contributed by atoms with Crippen LogP contribution in [0.5, 0.6) is 0 Å². The van der Waals surface area contributed by atoms with E-state index in [4.69, 9.17) is 0 Å². The van der Waals surface area contributed by atoms with Gasteiger partial charge in [0.25, 0.3) is 0 Å². The van der Waals surface area contributed by atoms with Gasteiger partial charge in [-0.15, -0.1) is 0 Å². The molecule has 4 nitrogen and oxygen atoms in total. The van der Waals surface area contributed by atoms with Crippen molar-refractivity contribution < 1.29 is 31.2 Å². The molecule has 1 aromatic heterocycles. The van der Waals surface area contributed by atoms with Crippen LogP contribution in [-0.2, 0) is 22.7 Å². The van der Waals surface area contributed by atoms with Gasteiger partial charge in [-0.05, 0) is 0 Å². The van der Waals surface area contributed by atoms with Gasteiger partial charge in [0.05, 0.1) is 0 Å². The van der Waals surface area contributed by atoms with Gasteiger partial charge in [0.2, 0.25) is 0 Å². The van der Waals surface area contributed by atoms with Crippen LogP contribution in [0.3, 0.4) is 0 Å². The van der Waals surface area contributed by atoms with Crippen LogP contribution in [0.15, 0.2) is 30.6 Å². The first-order valence-electron chi connectivity index (χ1n) is 2.58. The molecule has 0 spiro atoms. The standard InChI is InChI=1S/C5H5NO.2O.V/c7-6-4-2-1-3-5-6;;;/h1-5H;;;/q;;;+1. The molecule has 1 heterocycles. The third kappa shape index (κ3) is 2.17. The number of rotatable bonds is 2. The molecule has 0 saturated carbocycles. The molecule has 52 valence electrons. The Kier molecular flexibility index (Phi) is 2.42. The fraction of sp³-hybridized carbons (Fsp3) is 0. The van der Waals surface area contributed by atoms with Crippen LogP contribution >= 0.6 is 0 Å². The van der Waals surface area contributed by atoms with E-state index in [0.29, 0.717) is 0 Å². The fourth-order valence-electron chi connectivity index (χ4n) is 0.514. The molecule has 0 amide bonds. The molecule has 0 fully saturated rings. The minimum atomic E-state index is -3.49. The predicted octanol–water partition coefficient (Wildman–Crippen LogP) is -0.373. The number of hydrogen-bond donors (Lipinski definition) is 0. The number of pyridine rings is 1. The van der Waals surface area contributed by atoms with Gasteiger partial charge in [0.1, 0.15) is 0 Å². The van der Waals surface area contributed by atoms with Gasteiger partial charge in [-0.2, -0.15) is 0 Å². The van der Waals surface area contributed by atoms with Crippen molar-refractivity contribution in [2.24, 2.45) is 0 Å². The molecule has 0 N–H and O–H groups in total. The molecule has 5 heteroatoms. The Balaban J connectivity index is 2.77. The van der Waals surface area contributed by atoms with E-state index in [-0.39, 0.29) is 0 Å². The second-order valence-electron chi connectivity index (χ2n) is 1.54. The third-order valence-electron chi connectivity index (χ3n) is 0.849. The first-order valence-corrected chi connectivity index (χ1v) is 4.29. The fourth-order valence-corrected chi connectivity index (χ4v) is 0.925. The molecule has 0 saturated heterocycles. The Morgan fingerprint density at radius 1 is 1.10 bits per heavy atom. The number of nitrogens with zero attached hydrogens (tertiary/aromatic N) is 1. The molecule has 0 atom stereocenters. The Hall–Kier alpha value is -0.866. The quantitative estimate of drug-likeness (QED) is 0.580. The maximum absolute atomic E-state index is 10.0. The maximum atomic E-state index is 10.0. The van der Waals surface area contributed by atoms with Crippen LogP contribution < -0.4 is 8.49 Å². The topological polar surface area (TPSA) is 47.3 Å². The normalized spacial score (nSPS) is 8.80. The van der Waals surface area contributed by atoms with Crippen molar-refractivity contribution in [1.82, 2.24) is 0 Å². The van der Waals surface area contributed by atoms with Gasteiger partial charge in [-0.1, -0.05) is 0 Å². The summed E-state index contributed by atoms with van der Waals surface area (Å²) in [6, 6.07) is 5.13. The van der Waals surface area contributed by atoms with Crippen molar-refractivity contribution in [3.63, 3.8) is 0 Å². The number of aromatic nitrogens is 1. The Morgan fingerprint density at radius 2 is 1.70 bits per heavy atom. The van der Waals surface area contributed by atoms with Crippen LogP contribution in [-0.4, -0.2) is 0 Å². The third-order valence-corrected chi connectivity index (χ3v) is 1.35. The molecule has 0 aliphatic rings. The summed E-state index contributed by atoms with van der Waals surface area (Å²) in [5.74, 6) is 0. The van der Waals surface area contributed by atoms with Crippen molar-refractivity contribution in [3.8, 4) is 0 Å². The molecule has 1 rings (SSSR count). The Bertz CT molecular complexity index is 261. The molecule has 0 aliphatic heterocycles. The Morgan fingerprint density at radius 3 is 2.20 bits per heavy atom. The summed E-state index contributed by atoms with van der Waals surface area (Å²) >= 11 is -3.49. The van der Waals surface area contributed by atoms with E-state index in [1.165, 1.54) is 12.4 Å². The second-order valence-corrected chi connectivity index (χ2v) is 2.49. The van der Waals surface area contributed by atoms with Crippen LogP contribution in [0.25, 0.3) is 0 Å². The van der Waals surface area contributed by atoms with Gasteiger partial charge < -0.3 is 0 Å². The summed E-state index contributed by atoms with van der Waals surface area (Å²) in [4.78, 5) is 0.